The maximum Gasteiger partial charge on any atom is 0.352 e. The molecule has 0 radical (unpaired) electrons. The van der Waals surface area contributed by atoms with Gasteiger partial charge in [0.05, 0.1) is 0 Å². The van der Waals surface area contributed by atoms with Gasteiger partial charge in [-0.25, -0.2) is 14.6 Å². The number of aryl methyl sites for hydroxylation is 1. The van der Waals surface area contributed by atoms with Crippen molar-refractivity contribution in [2.75, 3.05) is 25.1 Å². The van der Waals surface area contributed by atoms with Crippen LogP contribution in [0.15, 0.2) is 47.0 Å². The molecular formula is C29H34ClN8O7S2+. The zero-order valence-corrected chi connectivity index (χ0v) is 28.1. The summed E-state index contributed by atoms with van der Waals surface area (Å²) in [7, 11) is 1.91. The molecule has 0 aliphatic carbocycles. The second kappa shape index (κ2) is 14.3. The number of pyridine rings is 1. The van der Waals surface area contributed by atoms with E-state index >= 15 is 0 Å². The van der Waals surface area contributed by atoms with Crippen LogP contribution in [0.5, 0.6) is 0 Å². The van der Waals surface area contributed by atoms with E-state index in [1.807, 2.05) is 42.2 Å². The van der Waals surface area contributed by atoms with Gasteiger partial charge < -0.3 is 36.0 Å². The number of oxime groups is 1. The third-order valence-electron chi connectivity index (χ3n) is 7.69. The molecule has 0 aromatic carbocycles. The first kappa shape index (κ1) is 34.2. The predicted molar refractivity (Wildman–Crippen MR) is 176 cm³/mol. The number of fused-ring (bicyclic) bond motifs is 2. The Morgan fingerprint density at radius 3 is 2.70 bits per heavy atom. The van der Waals surface area contributed by atoms with Gasteiger partial charge in [-0.15, -0.1) is 11.8 Å². The number of hydrogen-bond donors (Lipinski definition) is 5. The van der Waals surface area contributed by atoms with Gasteiger partial charge in [0.15, 0.2) is 23.6 Å². The molecule has 0 saturated carbocycles. The fourth-order valence-electron chi connectivity index (χ4n) is 5.41. The number of thioether (sulfide) groups is 1. The van der Waals surface area contributed by atoms with Gasteiger partial charge in [0.25, 0.3) is 11.8 Å². The predicted octanol–water partition coefficient (Wildman–Crippen LogP) is 1.50. The van der Waals surface area contributed by atoms with Crippen molar-refractivity contribution in [3.8, 4) is 0 Å². The van der Waals surface area contributed by atoms with Gasteiger partial charge in [0.1, 0.15) is 32.7 Å². The molecule has 3 aromatic rings. The van der Waals surface area contributed by atoms with Gasteiger partial charge in [0.2, 0.25) is 11.6 Å². The summed E-state index contributed by atoms with van der Waals surface area (Å²) >= 11 is 8.43. The van der Waals surface area contributed by atoms with Gasteiger partial charge in [0, 0.05) is 42.1 Å². The number of nitrogens with zero attached hydrogens (tertiary/aromatic N) is 5. The van der Waals surface area contributed by atoms with Crippen LogP contribution in [0.1, 0.15) is 26.0 Å². The van der Waals surface area contributed by atoms with Crippen LogP contribution < -0.4 is 20.9 Å². The summed E-state index contributed by atoms with van der Waals surface area (Å²) in [6, 6.07) is 4.80. The van der Waals surface area contributed by atoms with E-state index in [-0.39, 0.29) is 27.4 Å². The number of carboxylic acids is 2. The average molecular weight is 706 g/mol. The molecule has 250 valence electrons. The molecule has 2 amide bonds. The number of amides is 2. The molecule has 2 aliphatic rings. The van der Waals surface area contributed by atoms with Crippen LogP contribution in [-0.2, 0) is 37.1 Å². The Bertz CT molecular complexity index is 1790. The highest BCUT2D eigenvalue weighted by Gasteiger charge is 2.55. The first-order chi connectivity index (χ1) is 22.4. The highest BCUT2D eigenvalue weighted by Crippen LogP contribution is 2.40. The molecule has 3 aromatic heterocycles. The standard InChI is InChI=1S/C29H33ClN8O7S2/c1-14(2)22(28(43)44)45-35-19(18-23(30)47-29(31)34-18)24(39)33-20-25(40)38-21(27(41)42)15(13-46-26(20)38)12-37-9-4-6-16-17(37)7-11-36(16)10-5-8-32-3/h4,6-7,9,11,14,20,22,26,32H,5,8,10,12-13H2,1-3H3,(H4-,31,33,34,39,41,42,43,44)/p+1/b35-19-/t20?,22-,26?/m1/s1. The number of carbonyl (C=O) groups excluding carboxylic acids is 2. The highest BCUT2D eigenvalue weighted by molar-refractivity contribution is 8.00. The number of nitrogen functional groups attached to an aromatic ring is 1. The van der Waals surface area contributed by atoms with E-state index in [9.17, 15) is 29.4 Å². The molecular weight excluding hydrogens is 672 g/mol. The lowest BCUT2D eigenvalue weighted by molar-refractivity contribution is -0.663. The molecule has 5 rings (SSSR count). The molecule has 5 heterocycles. The van der Waals surface area contributed by atoms with E-state index in [0.717, 1.165) is 41.9 Å². The van der Waals surface area contributed by atoms with Crippen LogP contribution in [0.25, 0.3) is 11.0 Å². The largest absolute Gasteiger partial charge is 0.478 e. The number of rotatable bonds is 14. The third kappa shape index (κ3) is 6.93. The summed E-state index contributed by atoms with van der Waals surface area (Å²) < 4.78 is 4.11. The first-order valence-corrected chi connectivity index (χ1v) is 16.9. The average Bonchev–Trinajstić information content (AvgIpc) is 3.59. The number of anilines is 1. The van der Waals surface area contributed by atoms with Crippen molar-refractivity contribution in [1.82, 2.24) is 25.1 Å². The van der Waals surface area contributed by atoms with Crippen LogP contribution in [0.4, 0.5) is 5.13 Å². The molecule has 6 N–H and O–H groups in total. The lowest BCUT2D eigenvalue weighted by atomic mass is 10.0. The number of carbonyl (C=O) groups is 4. The van der Waals surface area contributed by atoms with Crippen molar-refractivity contribution in [3.05, 3.63) is 51.9 Å². The minimum atomic E-state index is -1.38. The summed E-state index contributed by atoms with van der Waals surface area (Å²) in [4.78, 5) is 61.5. The van der Waals surface area contributed by atoms with Crippen molar-refractivity contribution in [3.63, 3.8) is 0 Å². The maximum atomic E-state index is 13.5. The molecule has 15 nitrogen and oxygen atoms in total. The number of aliphatic carboxylic acids is 2. The summed E-state index contributed by atoms with van der Waals surface area (Å²) in [6.07, 6.45) is 3.44. The molecule has 1 saturated heterocycles. The normalized spacial score (nSPS) is 18.7. The fourth-order valence-corrected chi connectivity index (χ4v) is 7.68. The van der Waals surface area contributed by atoms with E-state index < -0.39 is 52.9 Å². The molecule has 2 aliphatic heterocycles. The van der Waals surface area contributed by atoms with Crippen LogP contribution in [0.3, 0.4) is 0 Å². The number of aromatic nitrogens is 3. The Morgan fingerprint density at radius 1 is 1.30 bits per heavy atom. The minimum absolute atomic E-state index is 0.00611. The molecule has 47 heavy (non-hydrogen) atoms. The number of carboxylic acid groups (broad SMARTS) is 2. The molecule has 2 unspecified atom stereocenters. The zero-order chi connectivity index (χ0) is 34.0. The number of thiazole rings is 1. The van der Waals surface area contributed by atoms with Crippen molar-refractivity contribution in [1.29, 1.82) is 0 Å². The number of nitrogens with one attached hydrogen (secondary N) is 2. The SMILES string of the molecule is CNCCCn1ccc2c1ccc[n+]2CC1=C(C(=O)O)N2C(=O)C(NC(=O)/C(=N\O[C@@H](C(=O)O)C(C)C)c3nc(N)sc3Cl)C2SC1. The zero-order valence-electron chi connectivity index (χ0n) is 25.7. The quantitative estimate of drug-likeness (QED) is 0.0534. The second-order valence-electron chi connectivity index (χ2n) is 11.2. The number of halogens is 1. The van der Waals surface area contributed by atoms with Crippen LogP contribution in [0.2, 0.25) is 4.34 Å². The Kier molecular flexibility index (Phi) is 10.4. The van der Waals surface area contributed by atoms with Crippen molar-refractivity contribution in [2.45, 2.75) is 50.9 Å². The molecule has 18 heteroatoms. The second-order valence-corrected chi connectivity index (χ2v) is 14.0. The van der Waals surface area contributed by atoms with Crippen LogP contribution in [-0.4, -0.2) is 91.0 Å². The summed E-state index contributed by atoms with van der Waals surface area (Å²) in [6.45, 7) is 5.16. The topological polar surface area (TPSA) is 205 Å². The van der Waals surface area contributed by atoms with Gasteiger partial charge in [-0.2, -0.15) is 4.57 Å². The van der Waals surface area contributed by atoms with Gasteiger partial charge >= 0.3 is 11.9 Å². The van der Waals surface area contributed by atoms with Crippen molar-refractivity contribution in [2.24, 2.45) is 11.1 Å². The lowest BCUT2D eigenvalue weighted by Gasteiger charge is -2.49. The fraction of sp³-hybridized carbons (Fsp3) is 0.414. The maximum absolute atomic E-state index is 13.5. The Labute approximate surface area is 282 Å². The Hall–Kier alpha value is -4.19. The molecule has 3 atom stereocenters. The first-order valence-electron chi connectivity index (χ1n) is 14.6. The minimum Gasteiger partial charge on any atom is -0.478 e. The van der Waals surface area contributed by atoms with Crippen LogP contribution >= 0.6 is 34.7 Å². The molecule has 1 fully saturated rings. The van der Waals surface area contributed by atoms with E-state index in [4.69, 9.17) is 22.2 Å². The van der Waals surface area contributed by atoms with Crippen molar-refractivity contribution >= 4 is 80.3 Å². The smallest absolute Gasteiger partial charge is 0.352 e. The highest BCUT2D eigenvalue weighted by atomic mass is 35.5. The van der Waals surface area contributed by atoms with Crippen molar-refractivity contribution < 1.29 is 38.8 Å². The van der Waals surface area contributed by atoms with E-state index in [1.165, 1.54) is 16.7 Å². The Morgan fingerprint density at radius 2 is 2.06 bits per heavy atom. The van der Waals surface area contributed by atoms with Gasteiger partial charge in [-0.3, -0.25) is 14.5 Å². The number of nitrogens with two attached hydrogens (primary N) is 1. The van der Waals surface area contributed by atoms with Gasteiger partial charge in [-0.05, 0) is 26.1 Å². The third-order valence-corrected chi connectivity index (χ3v) is 10.1. The lowest BCUT2D eigenvalue weighted by Crippen LogP contribution is -2.71. The summed E-state index contributed by atoms with van der Waals surface area (Å²) in [5.41, 5.74) is 7.50. The van der Waals surface area contributed by atoms with E-state index in [0.29, 0.717) is 11.3 Å². The van der Waals surface area contributed by atoms with E-state index in [1.54, 1.807) is 13.8 Å². The van der Waals surface area contributed by atoms with E-state index in [2.05, 4.69) is 25.3 Å². The monoisotopic (exact) mass is 705 g/mol. The Balaban J connectivity index is 1.37. The molecule has 0 spiro atoms. The summed E-state index contributed by atoms with van der Waals surface area (Å²) in [5, 5.41) is 28.5. The van der Waals surface area contributed by atoms with Gasteiger partial charge in [-0.1, -0.05) is 41.9 Å². The number of β-lactam (4-membered cyclic amide) rings is 1. The molecule has 0 bridgehead atoms. The summed E-state index contributed by atoms with van der Waals surface area (Å²) in [5.74, 6) is -4.30. The number of hydrogen-bond acceptors (Lipinski definition) is 11. The van der Waals surface area contributed by atoms with Crippen LogP contribution in [0, 0.1) is 5.92 Å².